The highest BCUT2D eigenvalue weighted by Gasteiger charge is 2.04. The Kier molecular flexibility index (Phi) is 3.94. The van der Waals surface area contributed by atoms with Gasteiger partial charge in [-0.1, -0.05) is 22.0 Å². The Labute approximate surface area is 131 Å². The highest BCUT2D eigenvalue weighted by molar-refractivity contribution is 9.10. The van der Waals surface area contributed by atoms with Gasteiger partial charge in [0, 0.05) is 40.3 Å². The first-order valence-electron chi connectivity index (χ1n) is 6.75. The van der Waals surface area contributed by atoms with Gasteiger partial charge >= 0.3 is 0 Å². The van der Waals surface area contributed by atoms with E-state index in [0.717, 1.165) is 39.7 Å². The fourth-order valence-corrected chi connectivity index (χ4v) is 2.67. The van der Waals surface area contributed by atoms with Gasteiger partial charge in [0.2, 0.25) is 0 Å². The Hall–Kier alpha value is -2.25. The van der Waals surface area contributed by atoms with Crippen LogP contribution < -0.4 is 5.32 Å². The van der Waals surface area contributed by atoms with Gasteiger partial charge in [0.15, 0.2) is 0 Å². The molecule has 0 aliphatic heterocycles. The van der Waals surface area contributed by atoms with Crippen molar-refractivity contribution in [2.45, 2.75) is 6.54 Å². The molecule has 0 aliphatic rings. The summed E-state index contributed by atoms with van der Waals surface area (Å²) < 4.78 is 3.25. The largest absolute Gasteiger partial charge is 0.383 e. The predicted octanol–water partition coefficient (Wildman–Crippen LogP) is 4.39. The third-order valence-corrected chi connectivity index (χ3v) is 3.99. The number of benzene rings is 2. The number of anilines is 1. The second kappa shape index (κ2) is 6.02. The van der Waals surface area contributed by atoms with Crippen molar-refractivity contribution < 1.29 is 0 Å². The molecule has 0 saturated heterocycles. The van der Waals surface area contributed by atoms with E-state index < -0.39 is 0 Å². The number of hydrogen-bond acceptors (Lipinski definition) is 2. The van der Waals surface area contributed by atoms with Gasteiger partial charge in [-0.2, -0.15) is 5.26 Å². The van der Waals surface area contributed by atoms with Crippen molar-refractivity contribution in [1.82, 2.24) is 4.57 Å². The lowest BCUT2D eigenvalue weighted by atomic mass is 10.1. The normalized spacial score (nSPS) is 10.5. The zero-order valence-corrected chi connectivity index (χ0v) is 13.0. The average Bonchev–Trinajstić information content (AvgIpc) is 2.92. The smallest absolute Gasteiger partial charge is 0.0998 e. The molecule has 0 saturated carbocycles. The van der Waals surface area contributed by atoms with E-state index in [1.807, 2.05) is 48.7 Å². The van der Waals surface area contributed by atoms with E-state index in [1.54, 1.807) is 0 Å². The molecule has 0 spiro atoms. The molecule has 1 heterocycles. The Morgan fingerprint density at radius 3 is 2.67 bits per heavy atom. The molecule has 104 valence electrons. The van der Waals surface area contributed by atoms with Gasteiger partial charge in [0.05, 0.1) is 11.6 Å². The summed E-state index contributed by atoms with van der Waals surface area (Å²) in [7, 11) is 0. The number of nitriles is 1. The lowest BCUT2D eigenvalue weighted by Gasteiger charge is -2.09. The molecule has 4 heteroatoms. The van der Waals surface area contributed by atoms with Crippen molar-refractivity contribution >= 4 is 32.5 Å². The minimum absolute atomic E-state index is 0.729. The van der Waals surface area contributed by atoms with Gasteiger partial charge in [-0.15, -0.1) is 0 Å². The van der Waals surface area contributed by atoms with Gasteiger partial charge in [-0.25, -0.2) is 0 Å². The number of aromatic nitrogens is 1. The maximum atomic E-state index is 9.12. The molecule has 3 nitrogen and oxygen atoms in total. The summed E-state index contributed by atoms with van der Waals surface area (Å²) in [6.07, 6.45) is 2.04. The van der Waals surface area contributed by atoms with Crippen LogP contribution in [-0.4, -0.2) is 11.1 Å². The van der Waals surface area contributed by atoms with Crippen molar-refractivity contribution in [2.75, 3.05) is 11.9 Å². The molecule has 0 amide bonds. The minimum Gasteiger partial charge on any atom is -0.383 e. The summed E-state index contributed by atoms with van der Waals surface area (Å²) in [6.45, 7) is 1.69. The second-order valence-corrected chi connectivity index (χ2v) is 5.71. The minimum atomic E-state index is 0.729. The molecule has 0 aliphatic carbocycles. The Bertz CT molecular complexity index is 797. The first-order valence-corrected chi connectivity index (χ1v) is 7.54. The molecule has 1 aromatic heterocycles. The summed E-state index contributed by atoms with van der Waals surface area (Å²) in [5, 5.41) is 13.5. The number of rotatable bonds is 4. The summed E-state index contributed by atoms with van der Waals surface area (Å²) >= 11 is 3.43. The highest BCUT2D eigenvalue weighted by atomic mass is 79.9. The van der Waals surface area contributed by atoms with Gasteiger partial charge in [0.1, 0.15) is 0 Å². The Balaban J connectivity index is 1.71. The van der Waals surface area contributed by atoms with Crippen molar-refractivity contribution in [2.24, 2.45) is 0 Å². The highest BCUT2D eigenvalue weighted by Crippen LogP contribution is 2.20. The Morgan fingerprint density at radius 2 is 1.90 bits per heavy atom. The van der Waals surface area contributed by atoms with Crippen LogP contribution in [0.2, 0.25) is 0 Å². The molecule has 21 heavy (non-hydrogen) atoms. The van der Waals surface area contributed by atoms with Gasteiger partial charge in [0.25, 0.3) is 0 Å². The molecular formula is C17H14BrN3. The van der Waals surface area contributed by atoms with E-state index in [2.05, 4.69) is 37.9 Å². The average molecular weight is 340 g/mol. The predicted molar refractivity (Wildman–Crippen MR) is 89.3 cm³/mol. The molecule has 0 radical (unpaired) electrons. The third kappa shape index (κ3) is 2.93. The van der Waals surface area contributed by atoms with Crippen molar-refractivity contribution in [1.29, 1.82) is 5.26 Å². The van der Waals surface area contributed by atoms with E-state index in [4.69, 9.17) is 5.26 Å². The summed E-state index contributed by atoms with van der Waals surface area (Å²) in [4.78, 5) is 0. The van der Waals surface area contributed by atoms with E-state index in [1.165, 1.54) is 0 Å². The fourth-order valence-electron chi connectivity index (χ4n) is 2.40. The van der Waals surface area contributed by atoms with Gasteiger partial charge < -0.3 is 9.88 Å². The molecular weight excluding hydrogens is 326 g/mol. The summed E-state index contributed by atoms with van der Waals surface area (Å²) in [6, 6.07) is 18.2. The van der Waals surface area contributed by atoms with Gasteiger partial charge in [-0.3, -0.25) is 0 Å². The molecule has 3 aromatic rings. The van der Waals surface area contributed by atoms with Crippen molar-refractivity contribution in [3.63, 3.8) is 0 Å². The summed E-state index contributed by atoms with van der Waals surface area (Å²) in [5.74, 6) is 0. The lowest BCUT2D eigenvalue weighted by molar-refractivity contribution is 0.757. The zero-order chi connectivity index (χ0) is 14.7. The van der Waals surface area contributed by atoms with Crippen molar-refractivity contribution in [3.8, 4) is 6.07 Å². The second-order valence-electron chi connectivity index (χ2n) is 4.79. The van der Waals surface area contributed by atoms with E-state index >= 15 is 0 Å². The maximum Gasteiger partial charge on any atom is 0.0998 e. The van der Waals surface area contributed by atoms with E-state index in [9.17, 15) is 0 Å². The lowest BCUT2D eigenvalue weighted by Crippen LogP contribution is -2.09. The van der Waals surface area contributed by atoms with E-state index in [-0.39, 0.29) is 0 Å². The van der Waals surface area contributed by atoms with Crippen LogP contribution in [0.1, 0.15) is 5.56 Å². The molecule has 0 atom stereocenters. The molecule has 2 aromatic carbocycles. The fraction of sp³-hybridized carbons (Fsp3) is 0.118. The van der Waals surface area contributed by atoms with Crippen LogP contribution in [0.5, 0.6) is 0 Å². The number of fused-ring (bicyclic) bond motifs is 1. The zero-order valence-electron chi connectivity index (χ0n) is 11.4. The molecule has 1 N–H and O–H groups in total. The van der Waals surface area contributed by atoms with Crippen LogP contribution in [0.25, 0.3) is 10.9 Å². The number of hydrogen-bond donors (Lipinski definition) is 1. The first-order chi connectivity index (χ1) is 10.3. The SMILES string of the molecule is N#Cc1cccc2c1ccn2CCNc1ccc(Br)cc1. The molecule has 0 fully saturated rings. The maximum absolute atomic E-state index is 9.12. The van der Waals surface area contributed by atoms with Crippen LogP contribution in [0.4, 0.5) is 5.69 Å². The molecule has 0 unspecified atom stereocenters. The van der Waals surface area contributed by atoms with Crippen molar-refractivity contribution in [3.05, 3.63) is 64.8 Å². The first kappa shape index (κ1) is 13.7. The number of nitrogens with zero attached hydrogens (tertiary/aromatic N) is 2. The summed E-state index contributed by atoms with van der Waals surface area (Å²) in [5.41, 5.74) is 2.94. The number of nitrogens with one attached hydrogen (secondary N) is 1. The quantitative estimate of drug-likeness (QED) is 0.765. The standard InChI is InChI=1S/C17H14BrN3/c18-14-4-6-15(7-5-14)20-9-11-21-10-8-16-13(12-19)2-1-3-17(16)21/h1-8,10,20H,9,11H2. The van der Waals surface area contributed by atoms with Crippen LogP contribution in [0.3, 0.4) is 0 Å². The van der Waals surface area contributed by atoms with Crippen LogP contribution in [0, 0.1) is 11.3 Å². The Morgan fingerprint density at radius 1 is 1.10 bits per heavy atom. The van der Waals surface area contributed by atoms with Gasteiger partial charge in [-0.05, 0) is 42.5 Å². The van der Waals surface area contributed by atoms with Crippen LogP contribution >= 0.6 is 15.9 Å². The molecule has 3 rings (SSSR count). The van der Waals surface area contributed by atoms with Crippen LogP contribution in [0.15, 0.2) is 59.2 Å². The van der Waals surface area contributed by atoms with Crippen LogP contribution in [-0.2, 0) is 6.54 Å². The monoisotopic (exact) mass is 339 g/mol. The molecule has 0 bridgehead atoms. The number of halogens is 1. The topological polar surface area (TPSA) is 40.8 Å². The third-order valence-electron chi connectivity index (χ3n) is 3.46. The van der Waals surface area contributed by atoms with E-state index in [0.29, 0.717) is 0 Å².